The Labute approximate surface area is 178 Å². The van der Waals surface area contributed by atoms with Crippen molar-refractivity contribution in [3.63, 3.8) is 0 Å². The molecule has 30 heavy (non-hydrogen) atoms. The number of aromatic nitrogens is 2. The fraction of sp³-hybridized carbons (Fsp3) is 0.609. The molecule has 3 heterocycles. The molecular weight excluding hydrogens is 380 g/mol. The SMILES string of the molecule is COc1ccccc1O[C@@H]1C[C@@H]2CN(Cc3cc4n(n3)CCCNC4)C[C@@H]2C[C@H]1O. The van der Waals surface area contributed by atoms with Gasteiger partial charge in [-0.05, 0) is 55.8 Å². The standard InChI is InChI=1S/C23H32N4O3/c1-29-21-5-2-3-6-22(21)30-23-10-17-14-26(13-16(17)9-20(23)28)15-18-11-19-12-24-7-4-8-27(19)25-18/h2-3,5-6,11,16-17,20,23-24,28H,4,7-10,12-15H2,1H3/t16-,17+,20+,23+/m0/s1. The zero-order valence-electron chi connectivity index (χ0n) is 17.7. The van der Waals surface area contributed by atoms with Crippen molar-refractivity contribution in [3.05, 3.63) is 41.7 Å². The van der Waals surface area contributed by atoms with Crippen molar-refractivity contribution in [2.24, 2.45) is 11.8 Å². The molecule has 0 unspecified atom stereocenters. The van der Waals surface area contributed by atoms with Crippen LogP contribution >= 0.6 is 0 Å². The van der Waals surface area contributed by atoms with Gasteiger partial charge in [-0.15, -0.1) is 0 Å². The van der Waals surface area contributed by atoms with Gasteiger partial charge >= 0.3 is 0 Å². The average Bonchev–Trinajstić information content (AvgIpc) is 3.24. The van der Waals surface area contributed by atoms with Gasteiger partial charge in [0.15, 0.2) is 11.5 Å². The van der Waals surface area contributed by atoms with Gasteiger partial charge < -0.3 is 19.9 Å². The first-order chi connectivity index (χ1) is 14.7. The highest BCUT2D eigenvalue weighted by molar-refractivity contribution is 5.39. The summed E-state index contributed by atoms with van der Waals surface area (Å²) in [6.07, 6.45) is 2.19. The third-order valence-electron chi connectivity index (χ3n) is 6.84. The van der Waals surface area contributed by atoms with E-state index in [1.165, 1.54) is 5.69 Å². The molecule has 2 N–H and O–H groups in total. The van der Waals surface area contributed by atoms with Crippen LogP contribution in [0.1, 0.15) is 30.7 Å². The van der Waals surface area contributed by atoms with E-state index in [-0.39, 0.29) is 6.10 Å². The fourth-order valence-electron chi connectivity index (χ4n) is 5.35. The first kappa shape index (κ1) is 19.8. The van der Waals surface area contributed by atoms with E-state index in [1.54, 1.807) is 7.11 Å². The van der Waals surface area contributed by atoms with Gasteiger partial charge in [0.25, 0.3) is 0 Å². The van der Waals surface area contributed by atoms with Gasteiger partial charge in [-0.2, -0.15) is 5.10 Å². The van der Waals surface area contributed by atoms with Crippen LogP contribution in [0.25, 0.3) is 0 Å². The first-order valence-electron chi connectivity index (χ1n) is 11.2. The Morgan fingerprint density at radius 2 is 1.97 bits per heavy atom. The lowest BCUT2D eigenvalue weighted by Crippen LogP contribution is -2.42. The normalized spacial score (nSPS) is 29.1. The van der Waals surface area contributed by atoms with Gasteiger partial charge in [-0.1, -0.05) is 12.1 Å². The van der Waals surface area contributed by atoms with Crippen molar-refractivity contribution >= 4 is 0 Å². The minimum Gasteiger partial charge on any atom is -0.493 e. The number of nitrogens with one attached hydrogen (secondary N) is 1. The van der Waals surface area contributed by atoms with E-state index in [0.29, 0.717) is 23.3 Å². The molecule has 0 amide bonds. The minimum absolute atomic E-state index is 0.183. The van der Waals surface area contributed by atoms with Crippen molar-refractivity contribution in [3.8, 4) is 11.5 Å². The molecule has 2 fully saturated rings. The number of likely N-dealkylation sites (tertiary alicyclic amines) is 1. The van der Waals surface area contributed by atoms with E-state index >= 15 is 0 Å². The van der Waals surface area contributed by atoms with E-state index in [1.807, 2.05) is 24.3 Å². The lowest BCUT2D eigenvalue weighted by Gasteiger charge is -2.35. The predicted octanol–water partition coefficient (Wildman–Crippen LogP) is 2.04. The number of rotatable bonds is 5. The number of benzene rings is 1. The highest BCUT2D eigenvalue weighted by atomic mass is 16.5. The smallest absolute Gasteiger partial charge is 0.161 e. The molecule has 1 aliphatic carbocycles. The number of aliphatic hydroxyl groups is 1. The molecule has 0 radical (unpaired) electrons. The molecule has 2 aliphatic heterocycles. The van der Waals surface area contributed by atoms with Gasteiger partial charge in [-0.25, -0.2) is 0 Å². The Balaban J connectivity index is 1.21. The van der Waals surface area contributed by atoms with Crippen LogP contribution in [-0.2, 0) is 19.6 Å². The number of para-hydroxylation sites is 2. The highest BCUT2D eigenvalue weighted by Crippen LogP contribution is 2.39. The number of fused-ring (bicyclic) bond motifs is 2. The van der Waals surface area contributed by atoms with Crippen molar-refractivity contribution in [1.82, 2.24) is 20.0 Å². The molecule has 7 heteroatoms. The summed E-state index contributed by atoms with van der Waals surface area (Å²) in [6.45, 7) is 5.94. The molecule has 1 saturated carbocycles. The zero-order chi connectivity index (χ0) is 20.5. The summed E-state index contributed by atoms with van der Waals surface area (Å²) < 4.78 is 13.8. The lowest BCUT2D eigenvalue weighted by atomic mass is 9.78. The summed E-state index contributed by atoms with van der Waals surface area (Å²) in [4.78, 5) is 2.50. The van der Waals surface area contributed by atoms with Gasteiger partial charge in [0.05, 0.1) is 24.6 Å². The zero-order valence-corrected chi connectivity index (χ0v) is 17.7. The number of hydrogen-bond acceptors (Lipinski definition) is 6. The molecule has 4 atom stereocenters. The summed E-state index contributed by atoms with van der Waals surface area (Å²) in [7, 11) is 1.65. The third kappa shape index (κ3) is 4.06. The largest absolute Gasteiger partial charge is 0.493 e. The van der Waals surface area contributed by atoms with Crippen LogP contribution in [0.2, 0.25) is 0 Å². The van der Waals surface area contributed by atoms with E-state index in [9.17, 15) is 5.11 Å². The second-order valence-electron chi connectivity index (χ2n) is 8.94. The molecule has 162 valence electrons. The Bertz CT molecular complexity index is 846. The molecule has 0 spiro atoms. The highest BCUT2D eigenvalue weighted by Gasteiger charge is 2.43. The minimum atomic E-state index is -0.439. The quantitative estimate of drug-likeness (QED) is 0.783. The van der Waals surface area contributed by atoms with Crippen LogP contribution < -0.4 is 14.8 Å². The number of methoxy groups -OCH3 is 1. The van der Waals surface area contributed by atoms with Crippen LogP contribution in [0.3, 0.4) is 0 Å². The summed E-state index contributed by atoms with van der Waals surface area (Å²) in [5.41, 5.74) is 2.45. The van der Waals surface area contributed by atoms with Crippen LogP contribution in [0.5, 0.6) is 11.5 Å². The van der Waals surface area contributed by atoms with Crippen molar-refractivity contribution in [2.75, 3.05) is 26.7 Å². The van der Waals surface area contributed by atoms with Crippen LogP contribution in [0.4, 0.5) is 0 Å². The molecule has 7 nitrogen and oxygen atoms in total. The molecule has 1 aromatic heterocycles. The number of nitrogens with zero attached hydrogens (tertiary/aromatic N) is 3. The van der Waals surface area contributed by atoms with E-state index in [4.69, 9.17) is 14.6 Å². The molecule has 2 aromatic rings. The van der Waals surface area contributed by atoms with Gasteiger partial charge in [0, 0.05) is 32.7 Å². The second-order valence-corrected chi connectivity index (χ2v) is 8.94. The summed E-state index contributed by atoms with van der Waals surface area (Å²) >= 11 is 0. The first-order valence-corrected chi connectivity index (χ1v) is 11.2. The molecule has 0 bridgehead atoms. The third-order valence-corrected chi connectivity index (χ3v) is 6.84. The molecular formula is C23H32N4O3. The topological polar surface area (TPSA) is 71.8 Å². The molecule has 1 saturated heterocycles. The maximum absolute atomic E-state index is 10.7. The maximum atomic E-state index is 10.7. The number of aryl methyl sites for hydroxylation is 1. The number of ether oxygens (including phenoxy) is 2. The van der Waals surface area contributed by atoms with Crippen molar-refractivity contribution in [2.45, 2.75) is 51.1 Å². The van der Waals surface area contributed by atoms with E-state index in [2.05, 4.69) is 21.0 Å². The van der Waals surface area contributed by atoms with Crippen LogP contribution in [0, 0.1) is 11.8 Å². The molecule has 5 rings (SSSR count). The fourth-order valence-corrected chi connectivity index (χ4v) is 5.35. The Hall–Kier alpha value is -2.09. The second kappa shape index (κ2) is 8.57. The van der Waals surface area contributed by atoms with Crippen molar-refractivity contribution in [1.29, 1.82) is 0 Å². The van der Waals surface area contributed by atoms with Gasteiger partial charge in [0.1, 0.15) is 6.10 Å². The summed E-state index contributed by atoms with van der Waals surface area (Å²) in [6, 6.07) is 9.93. The summed E-state index contributed by atoms with van der Waals surface area (Å²) in [5.74, 6) is 2.51. The maximum Gasteiger partial charge on any atom is 0.161 e. The van der Waals surface area contributed by atoms with Crippen molar-refractivity contribution < 1.29 is 14.6 Å². The van der Waals surface area contributed by atoms with E-state index in [0.717, 1.165) is 64.2 Å². The molecule has 1 aromatic carbocycles. The lowest BCUT2D eigenvalue weighted by molar-refractivity contribution is -0.0240. The average molecular weight is 413 g/mol. The Kier molecular flexibility index (Phi) is 5.67. The number of hydrogen-bond donors (Lipinski definition) is 2. The van der Waals surface area contributed by atoms with Crippen LogP contribution in [-0.4, -0.2) is 58.7 Å². The van der Waals surface area contributed by atoms with Crippen LogP contribution in [0.15, 0.2) is 30.3 Å². The number of aliphatic hydroxyl groups excluding tert-OH is 1. The monoisotopic (exact) mass is 412 g/mol. The van der Waals surface area contributed by atoms with E-state index < -0.39 is 6.10 Å². The van der Waals surface area contributed by atoms with Gasteiger partial charge in [0.2, 0.25) is 0 Å². The Morgan fingerprint density at radius 3 is 2.80 bits per heavy atom. The molecule has 3 aliphatic rings. The summed E-state index contributed by atoms with van der Waals surface area (Å²) in [5, 5.41) is 19.1. The van der Waals surface area contributed by atoms with Gasteiger partial charge in [-0.3, -0.25) is 9.58 Å². The predicted molar refractivity (Wildman–Crippen MR) is 113 cm³/mol. The Morgan fingerprint density at radius 1 is 1.17 bits per heavy atom.